The highest BCUT2D eigenvalue weighted by atomic mass is 35.5. The van der Waals surface area contributed by atoms with Gasteiger partial charge in [-0.3, -0.25) is 4.79 Å². The average molecular weight is 296 g/mol. The van der Waals surface area contributed by atoms with Crippen molar-refractivity contribution < 1.29 is 4.79 Å². The van der Waals surface area contributed by atoms with E-state index >= 15 is 0 Å². The number of halogens is 1. The standard InChI is InChI=1S/C18H14ClNO/c19-17(14-8-2-1-3-9-14)18(21)20-16-12-6-10-13-7-4-5-11-15(13)16/h1-12,17H,(H,20,21). The van der Waals surface area contributed by atoms with Gasteiger partial charge in [0.2, 0.25) is 5.91 Å². The van der Waals surface area contributed by atoms with Gasteiger partial charge in [-0.25, -0.2) is 0 Å². The Balaban J connectivity index is 1.87. The number of amides is 1. The zero-order valence-corrected chi connectivity index (χ0v) is 12.0. The number of alkyl halides is 1. The Morgan fingerprint density at radius 1 is 0.857 bits per heavy atom. The van der Waals surface area contributed by atoms with Crippen LogP contribution in [0.15, 0.2) is 72.8 Å². The summed E-state index contributed by atoms with van der Waals surface area (Å²) in [5, 5.41) is 4.30. The number of nitrogens with one attached hydrogen (secondary N) is 1. The van der Waals surface area contributed by atoms with Crippen LogP contribution in [0.5, 0.6) is 0 Å². The van der Waals surface area contributed by atoms with E-state index in [9.17, 15) is 4.79 Å². The lowest BCUT2D eigenvalue weighted by Crippen LogP contribution is -2.17. The molecule has 0 radical (unpaired) electrons. The third-order valence-corrected chi connectivity index (χ3v) is 3.82. The predicted molar refractivity (Wildman–Crippen MR) is 87.6 cm³/mol. The molecule has 0 aliphatic rings. The number of rotatable bonds is 3. The lowest BCUT2D eigenvalue weighted by molar-refractivity contribution is -0.115. The minimum atomic E-state index is -0.704. The van der Waals surface area contributed by atoms with Crippen LogP contribution in [0.2, 0.25) is 0 Å². The van der Waals surface area contributed by atoms with Crippen LogP contribution in [0, 0.1) is 0 Å². The van der Waals surface area contributed by atoms with Gasteiger partial charge in [-0.2, -0.15) is 0 Å². The fourth-order valence-corrected chi connectivity index (χ4v) is 2.50. The Hall–Kier alpha value is -2.32. The van der Waals surface area contributed by atoms with E-state index in [2.05, 4.69) is 5.32 Å². The number of anilines is 1. The average Bonchev–Trinajstić information content (AvgIpc) is 2.55. The molecule has 0 spiro atoms. The quantitative estimate of drug-likeness (QED) is 0.694. The van der Waals surface area contributed by atoms with Crippen LogP contribution < -0.4 is 5.32 Å². The molecular weight excluding hydrogens is 282 g/mol. The first-order valence-electron chi connectivity index (χ1n) is 6.73. The molecule has 0 aliphatic heterocycles. The third kappa shape index (κ3) is 2.91. The molecule has 0 fully saturated rings. The molecule has 3 aromatic carbocycles. The normalized spacial score (nSPS) is 12.0. The minimum absolute atomic E-state index is 0.223. The Morgan fingerprint density at radius 3 is 2.33 bits per heavy atom. The Kier molecular flexibility index (Phi) is 3.89. The zero-order valence-electron chi connectivity index (χ0n) is 11.3. The van der Waals surface area contributed by atoms with Gasteiger partial charge in [0.25, 0.3) is 0 Å². The molecule has 0 aliphatic carbocycles. The summed E-state index contributed by atoms with van der Waals surface area (Å²) in [6.07, 6.45) is 0. The van der Waals surface area contributed by atoms with Crippen molar-refractivity contribution >= 4 is 34.0 Å². The monoisotopic (exact) mass is 295 g/mol. The smallest absolute Gasteiger partial charge is 0.246 e. The highest BCUT2D eigenvalue weighted by molar-refractivity contribution is 6.32. The van der Waals surface area contributed by atoms with Crippen LogP contribution in [0.3, 0.4) is 0 Å². The molecule has 104 valence electrons. The van der Waals surface area contributed by atoms with Gasteiger partial charge < -0.3 is 5.32 Å². The molecule has 0 saturated carbocycles. The van der Waals surface area contributed by atoms with Crippen molar-refractivity contribution in [1.29, 1.82) is 0 Å². The summed E-state index contributed by atoms with van der Waals surface area (Å²) >= 11 is 6.25. The van der Waals surface area contributed by atoms with Gasteiger partial charge >= 0.3 is 0 Å². The first-order valence-corrected chi connectivity index (χ1v) is 7.17. The van der Waals surface area contributed by atoms with E-state index in [0.717, 1.165) is 22.0 Å². The fraction of sp³-hybridized carbons (Fsp3) is 0.0556. The fourth-order valence-electron chi connectivity index (χ4n) is 2.30. The number of hydrogen-bond donors (Lipinski definition) is 1. The van der Waals surface area contributed by atoms with Crippen molar-refractivity contribution in [3.05, 3.63) is 78.4 Å². The molecule has 0 heterocycles. The predicted octanol–water partition coefficient (Wildman–Crippen LogP) is 4.76. The molecule has 2 nitrogen and oxygen atoms in total. The second kappa shape index (κ2) is 5.98. The lowest BCUT2D eigenvalue weighted by atomic mass is 10.1. The maximum atomic E-state index is 12.3. The van der Waals surface area contributed by atoms with Crippen molar-refractivity contribution in [3.63, 3.8) is 0 Å². The number of carbonyl (C=O) groups excluding carboxylic acids is 1. The summed E-state index contributed by atoms with van der Waals surface area (Å²) in [4.78, 5) is 12.3. The Bertz CT molecular complexity index is 765. The number of carbonyl (C=O) groups is 1. The summed E-state index contributed by atoms with van der Waals surface area (Å²) in [6, 6.07) is 23.1. The zero-order chi connectivity index (χ0) is 14.7. The van der Waals surface area contributed by atoms with Crippen LogP contribution in [-0.4, -0.2) is 5.91 Å². The largest absolute Gasteiger partial charge is 0.324 e. The summed E-state index contributed by atoms with van der Waals surface area (Å²) in [5.41, 5.74) is 1.57. The molecule has 0 bridgehead atoms. The maximum absolute atomic E-state index is 12.3. The number of benzene rings is 3. The highest BCUT2D eigenvalue weighted by Crippen LogP contribution is 2.26. The van der Waals surface area contributed by atoms with E-state index in [1.807, 2.05) is 72.8 Å². The molecule has 3 rings (SSSR count). The third-order valence-electron chi connectivity index (χ3n) is 3.37. The molecule has 3 aromatic rings. The maximum Gasteiger partial charge on any atom is 0.246 e. The van der Waals surface area contributed by atoms with E-state index in [1.54, 1.807) is 0 Å². The van der Waals surface area contributed by atoms with E-state index in [-0.39, 0.29) is 5.91 Å². The second-order valence-corrected chi connectivity index (χ2v) is 5.23. The lowest BCUT2D eigenvalue weighted by Gasteiger charge is -2.12. The minimum Gasteiger partial charge on any atom is -0.324 e. The summed E-state index contributed by atoms with van der Waals surface area (Å²) in [5.74, 6) is -0.223. The molecule has 0 saturated heterocycles. The summed E-state index contributed by atoms with van der Waals surface area (Å²) in [7, 11) is 0. The summed E-state index contributed by atoms with van der Waals surface area (Å²) in [6.45, 7) is 0. The van der Waals surface area contributed by atoms with Crippen LogP contribution in [-0.2, 0) is 4.79 Å². The first-order chi connectivity index (χ1) is 10.3. The van der Waals surface area contributed by atoms with Crippen molar-refractivity contribution in [2.45, 2.75) is 5.38 Å². The SMILES string of the molecule is O=C(Nc1cccc2ccccc12)C(Cl)c1ccccc1. The van der Waals surface area contributed by atoms with Gasteiger partial charge in [-0.15, -0.1) is 11.6 Å². The second-order valence-electron chi connectivity index (χ2n) is 4.79. The van der Waals surface area contributed by atoms with E-state index in [4.69, 9.17) is 11.6 Å². The van der Waals surface area contributed by atoms with Gasteiger partial charge in [-0.1, -0.05) is 66.7 Å². The molecule has 1 N–H and O–H groups in total. The van der Waals surface area contributed by atoms with E-state index in [1.165, 1.54) is 0 Å². The van der Waals surface area contributed by atoms with Crippen LogP contribution in [0.1, 0.15) is 10.9 Å². The molecule has 1 unspecified atom stereocenters. The van der Waals surface area contributed by atoms with Gasteiger partial charge in [0.05, 0.1) is 0 Å². The molecule has 1 atom stereocenters. The molecule has 21 heavy (non-hydrogen) atoms. The first kappa shape index (κ1) is 13.7. The van der Waals surface area contributed by atoms with Crippen molar-refractivity contribution in [2.75, 3.05) is 5.32 Å². The Labute approximate surface area is 128 Å². The topological polar surface area (TPSA) is 29.1 Å². The van der Waals surface area contributed by atoms with Gasteiger partial charge in [0.1, 0.15) is 5.38 Å². The molecular formula is C18H14ClNO. The number of hydrogen-bond acceptors (Lipinski definition) is 1. The molecule has 0 aromatic heterocycles. The van der Waals surface area contributed by atoms with Crippen LogP contribution in [0.4, 0.5) is 5.69 Å². The van der Waals surface area contributed by atoms with Gasteiger partial charge in [0.15, 0.2) is 0 Å². The van der Waals surface area contributed by atoms with Gasteiger partial charge in [-0.05, 0) is 17.0 Å². The molecule has 3 heteroatoms. The Morgan fingerprint density at radius 2 is 1.52 bits per heavy atom. The van der Waals surface area contributed by atoms with Crippen LogP contribution >= 0.6 is 11.6 Å². The summed E-state index contributed by atoms with van der Waals surface area (Å²) < 4.78 is 0. The van der Waals surface area contributed by atoms with Crippen LogP contribution in [0.25, 0.3) is 10.8 Å². The van der Waals surface area contributed by atoms with E-state index < -0.39 is 5.38 Å². The van der Waals surface area contributed by atoms with Gasteiger partial charge in [0, 0.05) is 11.1 Å². The van der Waals surface area contributed by atoms with Crippen molar-refractivity contribution in [3.8, 4) is 0 Å². The number of fused-ring (bicyclic) bond motifs is 1. The van der Waals surface area contributed by atoms with Crippen molar-refractivity contribution in [2.24, 2.45) is 0 Å². The molecule has 1 amide bonds. The van der Waals surface area contributed by atoms with Crippen molar-refractivity contribution in [1.82, 2.24) is 0 Å². The highest BCUT2D eigenvalue weighted by Gasteiger charge is 2.17. The van der Waals surface area contributed by atoms with E-state index in [0.29, 0.717) is 0 Å².